The minimum atomic E-state index is 0.311. The van der Waals surface area contributed by atoms with Gasteiger partial charge in [-0.2, -0.15) is 11.8 Å². The lowest BCUT2D eigenvalue weighted by Gasteiger charge is -1.97. The summed E-state index contributed by atoms with van der Waals surface area (Å²) in [6, 6.07) is 8.25. The lowest BCUT2D eigenvalue weighted by atomic mass is 10.1. The smallest absolute Gasteiger partial charge is 0.147 e. The number of thioether (sulfide) groups is 1. The molecule has 2 rings (SSSR count). The Morgan fingerprint density at radius 2 is 2.20 bits per heavy atom. The molecule has 0 aliphatic heterocycles. The highest BCUT2D eigenvalue weighted by molar-refractivity contribution is 7.99. The van der Waals surface area contributed by atoms with Crippen molar-refractivity contribution in [2.24, 2.45) is 0 Å². The Kier molecular flexibility index (Phi) is 3.44. The quantitative estimate of drug-likeness (QED) is 0.809. The van der Waals surface area contributed by atoms with Gasteiger partial charge in [0.15, 0.2) is 0 Å². The van der Waals surface area contributed by atoms with Gasteiger partial charge in [-0.05, 0) is 28.7 Å². The van der Waals surface area contributed by atoms with Crippen LogP contribution in [0.3, 0.4) is 0 Å². The second kappa shape index (κ2) is 4.81. The molecule has 0 radical (unpaired) electrons. The topological polar surface area (TPSA) is 17.1 Å². The molecular formula is C12H12OS2. The second-order valence-electron chi connectivity index (χ2n) is 3.41. The first-order chi connectivity index (χ1) is 7.31. The summed E-state index contributed by atoms with van der Waals surface area (Å²) in [6.07, 6.45) is 2.54. The number of hydrogen-bond acceptors (Lipinski definition) is 3. The normalized spacial score (nSPS) is 10.7. The maximum atomic E-state index is 11.5. The van der Waals surface area contributed by atoms with Gasteiger partial charge in [-0.15, -0.1) is 11.3 Å². The highest BCUT2D eigenvalue weighted by Crippen LogP contribution is 2.26. The molecule has 0 atom stereocenters. The molecule has 1 heterocycles. The first kappa shape index (κ1) is 10.7. The summed E-state index contributed by atoms with van der Waals surface area (Å²) in [6.45, 7) is 0. The molecule has 1 aromatic carbocycles. The largest absolute Gasteiger partial charge is 0.298 e. The standard InChI is InChI=1S/C12H12OS2/c1-14-8-10(13)6-9-7-15-12-5-3-2-4-11(9)12/h2-5,7H,6,8H2,1H3. The van der Waals surface area contributed by atoms with Crippen LogP contribution in [0.5, 0.6) is 0 Å². The number of rotatable bonds is 4. The minimum Gasteiger partial charge on any atom is -0.298 e. The van der Waals surface area contributed by atoms with E-state index in [4.69, 9.17) is 0 Å². The van der Waals surface area contributed by atoms with Gasteiger partial charge in [-0.3, -0.25) is 4.79 Å². The van der Waals surface area contributed by atoms with Crippen molar-refractivity contribution in [3.05, 3.63) is 35.2 Å². The van der Waals surface area contributed by atoms with Crippen LogP contribution in [0.25, 0.3) is 10.1 Å². The number of carbonyl (C=O) groups is 1. The minimum absolute atomic E-state index is 0.311. The molecule has 78 valence electrons. The predicted molar refractivity (Wildman–Crippen MR) is 68.9 cm³/mol. The van der Waals surface area contributed by atoms with Crippen molar-refractivity contribution in [2.75, 3.05) is 12.0 Å². The molecule has 1 aromatic heterocycles. The van der Waals surface area contributed by atoms with Crippen LogP contribution in [0.15, 0.2) is 29.6 Å². The lowest BCUT2D eigenvalue weighted by molar-refractivity contribution is -0.115. The van der Waals surface area contributed by atoms with Gasteiger partial charge in [0.1, 0.15) is 5.78 Å². The summed E-state index contributed by atoms with van der Waals surface area (Å²) >= 11 is 3.31. The van der Waals surface area contributed by atoms with Gasteiger partial charge in [-0.25, -0.2) is 0 Å². The van der Waals surface area contributed by atoms with Crippen molar-refractivity contribution in [1.82, 2.24) is 0 Å². The van der Waals surface area contributed by atoms with Crippen LogP contribution in [0, 0.1) is 0 Å². The van der Waals surface area contributed by atoms with Crippen molar-refractivity contribution in [3.8, 4) is 0 Å². The zero-order chi connectivity index (χ0) is 10.7. The van der Waals surface area contributed by atoms with Crippen LogP contribution in [0.2, 0.25) is 0 Å². The number of Topliss-reactive ketones (excluding diaryl/α,β-unsaturated/α-hetero) is 1. The van der Waals surface area contributed by atoms with Crippen LogP contribution < -0.4 is 0 Å². The van der Waals surface area contributed by atoms with E-state index >= 15 is 0 Å². The van der Waals surface area contributed by atoms with E-state index in [9.17, 15) is 4.79 Å². The van der Waals surface area contributed by atoms with E-state index in [2.05, 4.69) is 17.5 Å². The monoisotopic (exact) mass is 236 g/mol. The highest BCUT2D eigenvalue weighted by Gasteiger charge is 2.07. The van der Waals surface area contributed by atoms with Crippen LogP contribution >= 0.6 is 23.1 Å². The van der Waals surface area contributed by atoms with Gasteiger partial charge in [-0.1, -0.05) is 18.2 Å². The van der Waals surface area contributed by atoms with Crippen molar-refractivity contribution in [3.63, 3.8) is 0 Å². The van der Waals surface area contributed by atoms with E-state index in [1.165, 1.54) is 15.6 Å². The highest BCUT2D eigenvalue weighted by atomic mass is 32.2. The SMILES string of the molecule is CSCC(=O)Cc1csc2ccccc12. The van der Waals surface area contributed by atoms with Crippen LogP contribution in [0.4, 0.5) is 0 Å². The third-order valence-corrected chi connectivity index (χ3v) is 3.88. The van der Waals surface area contributed by atoms with E-state index in [0.29, 0.717) is 18.0 Å². The maximum absolute atomic E-state index is 11.5. The number of fused-ring (bicyclic) bond motifs is 1. The maximum Gasteiger partial charge on any atom is 0.147 e. The van der Waals surface area contributed by atoms with Gasteiger partial charge in [0.05, 0.1) is 5.75 Å². The second-order valence-corrected chi connectivity index (χ2v) is 5.18. The summed E-state index contributed by atoms with van der Waals surface area (Å²) in [5.74, 6) is 0.926. The number of hydrogen-bond donors (Lipinski definition) is 0. The van der Waals surface area contributed by atoms with Gasteiger partial charge in [0.2, 0.25) is 0 Å². The summed E-state index contributed by atoms with van der Waals surface area (Å²) in [5, 5.41) is 3.33. The van der Waals surface area contributed by atoms with Crippen molar-refractivity contribution >= 4 is 39.0 Å². The summed E-state index contributed by atoms with van der Waals surface area (Å²) in [7, 11) is 0. The Bertz CT molecular complexity index is 473. The van der Waals surface area contributed by atoms with Gasteiger partial charge in [0, 0.05) is 11.1 Å². The molecule has 0 aliphatic carbocycles. The van der Waals surface area contributed by atoms with E-state index in [1.54, 1.807) is 23.1 Å². The molecule has 0 aliphatic rings. The molecule has 15 heavy (non-hydrogen) atoms. The van der Waals surface area contributed by atoms with Crippen molar-refractivity contribution in [1.29, 1.82) is 0 Å². The molecule has 0 amide bonds. The fraction of sp³-hybridized carbons (Fsp3) is 0.250. The summed E-state index contributed by atoms with van der Waals surface area (Å²) in [4.78, 5) is 11.5. The average Bonchev–Trinajstić information content (AvgIpc) is 2.62. The molecule has 0 N–H and O–H groups in total. The van der Waals surface area contributed by atoms with Crippen molar-refractivity contribution < 1.29 is 4.79 Å². The van der Waals surface area contributed by atoms with E-state index in [0.717, 1.165) is 0 Å². The Morgan fingerprint density at radius 1 is 1.40 bits per heavy atom. The molecule has 0 saturated heterocycles. The van der Waals surface area contributed by atoms with E-state index < -0.39 is 0 Å². The number of benzene rings is 1. The Morgan fingerprint density at radius 3 is 3.00 bits per heavy atom. The van der Waals surface area contributed by atoms with Crippen LogP contribution in [0.1, 0.15) is 5.56 Å². The van der Waals surface area contributed by atoms with Crippen LogP contribution in [-0.2, 0) is 11.2 Å². The zero-order valence-corrected chi connectivity index (χ0v) is 10.2. The van der Waals surface area contributed by atoms with Crippen molar-refractivity contribution in [2.45, 2.75) is 6.42 Å². The zero-order valence-electron chi connectivity index (χ0n) is 8.53. The number of ketones is 1. The summed E-state index contributed by atoms with van der Waals surface area (Å²) in [5.41, 5.74) is 1.18. The predicted octanol–water partition coefficient (Wildman–Crippen LogP) is 3.38. The molecule has 2 aromatic rings. The van der Waals surface area contributed by atoms with Crippen LogP contribution in [-0.4, -0.2) is 17.8 Å². The Balaban J connectivity index is 2.25. The first-order valence-corrected chi connectivity index (χ1v) is 7.04. The lowest BCUT2D eigenvalue weighted by Crippen LogP contribution is -2.04. The third kappa shape index (κ3) is 2.41. The number of carbonyl (C=O) groups excluding carboxylic acids is 1. The van der Waals surface area contributed by atoms with Gasteiger partial charge < -0.3 is 0 Å². The van der Waals surface area contributed by atoms with E-state index in [1.807, 2.05) is 18.4 Å². The molecular weight excluding hydrogens is 224 g/mol. The van der Waals surface area contributed by atoms with Gasteiger partial charge >= 0.3 is 0 Å². The molecule has 0 spiro atoms. The van der Waals surface area contributed by atoms with E-state index in [-0.39, 0.29) is 0 Å². The first-order valence-electron chi connectivity index (χ1n) is 4.77. The molecule has 0 unspecified atom stereocenters. The third-order valence-electron chi connectivity index (χ3n) is 2.25. The molecule has 0 fully saturated rings. The Hall–Kier alpha value is -0.800. The van der Waals surface area contributed by atoms with Gasteiger partial charge in [0.25, 0.3) is 0 Å². The molecule has 1 nitrogen and oxygen atoms in total. The molecule has 0 bridgehead atoms. The molecule has 3 heteroatoms. The number of thiophene rings is 1. The summed E-state index contributed by atoms with van der Waals surface area (Å²) < 4.78 is 1.27. The average molecular weight is 236 g/mol. The fourth-order valence-electron chi connectivity index (χ4n) is 1.59. The fourth-order valence-corrected chi connectivity index (χ4v) is 2.98. The Labute approximate surface area is 97.5 Å². The molecule has 0 saturated carbocycles.